The fourth-order valence-electron chi connectivity index (χ4n) is 4.64. The molecule has 4 fully saturated rings. The highest BCUT2D eigenvalue weighted by Crippen LogP contribution is 2.52. The fourth-order valence-corrected chi connectivity index (χ4v) is 4.64. The Bertz CT molecular complexity index is 615. The Morgan fingerprint density at radius 2 is 2.17 bits per heavy atom. The van der Waals surface area contributed by atoms with Crippen LogP contribution >= 0.6 is 0 Å². The molecule has 4 heterocycles. The highest BCUT2D eigenvalue weighted by molar-refractivity contribution is 5.83. The topological polar surface area (TPSA) is 60.9 Å². The number of ether oxygens (including phenoxy) is 3. The van der Waals surface area contributed by atoms with E-state index in [4.69, 9.17) is 14.2 Å². The minimum atomic E-state index is -0.135. The number of likely N-dealkylation sites (tertiary alicyclic amines) is 1. The summed E-state index contributed by atoms with van der Waals surface area (Å²) < 4.78 is 17.5. The van der Waals surface area contributed by atoms with Crippen molar-refractivity contribution in [3.63, 3.8) is 0 Å². The molecule has 6 atom stereocenters. The second kappa shape index (κ2) is 5.70. The van der Waals surface area contributed by atoms with Gasteiger partial charge in [-0.3, -0.25) is 4.79 Å². The molecule has 1 aliphatic carbocycles. The molecular weight excluding hydrogens is 308 g/mol. The van der Waals surface area contributed by atoms with Gasteiger partial charge < -0.3 is 19.1 Å². The van der Waals surface area contributed by atoms with Crippen molar-refractivity contribution in [3.8, 4) is 5.88 Å². The summed E-state index contributed by atoms with van der Waals surface area (Å²) >= 11 is 0. The Kier molecular flexibility index (Phi) is 3.49. The van der Waals surface area contributed by atoms with E-state index >= 15 is 0 Å². The molecule has 3 aliphatic heterocycles. The molecule has 1 amide bonds. The van der Waals surface area contributed by atoms with Crippen LogP contribution < -0.4 is 4.74 Å². The van der Waals surface area contributed by atoms with Crippen LogP contribution in [0.2, 0.25) is 0 Å². The summed E-state index contributed by atoms with van der Waals surface area (Å²) in [5.41, 5.74) is 0. The first-order chi connectivity index (χ1) is 11.8. The smallest absolute Gasteiger partial charge is 0.226 e. The third-order valence-corrected chi connectivity index (χ3v) is 5.91. The predicted octanol–water partition coefficient (Wildman–Crippen LogP) is 1.11. The Hall–Kier alpha value is -1.66. The van der Waals surface area contributed by atoms with E-state index in [9.17, 15) is 4.79 Å². The quantitative estimate of drug-likeness (QED) is 0.831. The first-order valence-corrected chi connectivity index (χ1v) is 8.90. The van der Waals surface area contributed by atoms with E-state index in [2.05, 4.69) is 4.98 Å². The highest BCUT2D eigenvalue weighted by Gasteiger charge is 2.61. The van der Waals surface area contributed by atoms with Crippen molar-refractivity contribution in [2.45, 2.75) is 31.1 Å². The summed E-state index contributed by atoms with van der Waals surface area (Å²) in [6.07, 6.45) is 3.54. The highest BCUT2D eigenvalue weighted by atomic mass is 16.5. The lowest BCUT2D eigenvalue weighted by Gasteiger charge is -2.32. The molecule has 6 nitrogen and oxygen atoms in total. The van der Waals surface area contributed by atoms with Gasteiger partial charge in [-0.25, -0.2) is 4.98 Å². The Labute approximate surface area is 141 Å². The van der Waals surface area contributed by atoms with E-state index in [1.807, 2.05) is 23.1 Å². The van der Waals surface area contributed by atoms with Gasteiger partial charge in [0, 0.05) is 24.8 Å². The van der Waals surface area contributed by atoms with Crippen LogP contribution in [0, 0.1) is 17.8 Å². The molecule has 3 saturated heterocycles. The van der Waals surface area contributed by atoms with Crippen molar-refractivity contribution in [1.82, 2.24) is 9.88 Å². The summed E-state index contributed by atoms with van der Waals surface area (Å²) in [6.45, 7) is 2.83. The van der Waals surface area contributed by atoms with Gasteiger partial charge in [0.15, 0.2) is 0 Å². The van der Waals surface area contributed by atoms with Gasteiger partial charge in [-0.1, -0.05) is 6.07 Å². The summed E-state index contributed by atoms with van der Waals surface area (Å²) in [5.74, 6) is 1.92. The van der Waals surface area contributed by atoms with E-state index in [0.717, 1.165) is 32.7 Å². The number of carbonyl (C=O) groups excluding carboxylic acids is 1. The Balaban J connectivity index is 1.33. The van der Waals surface area contributed by atoms with Gasteiger partial charge in [0.25, 0.3) is 0 Å². The number of carbonyl (C=O) groups is 1. The zero-order valence-corrected chi connectivity index (χ0v) is 13.5. The average Bonchev–Trinajstić information content (AvgIpc) is 2.96. The van der Waals surface area contributed by atoms with Gasteiger partial charge in [-0.15, -0.1) is 0 Å². The molecule has 24 heavy (non-hydrogen) atoms. The minimum absolute atomic E-state index is 0.0421. The number of amides is 1. The maximum Gasteiger partial charge on any atom is 0.226 e. The molecule has 0 bridgehead atoms. The lowest BCUT2D eigenvalue weighted by atomic mass is 10.0. The van der Waals surface area contributed by atoms with Gasteiger partial charge in [0.05, 0.1) is 25.8 Å². The molecule has 0 N–H and O–H groups in total. The van der Waals surface area contributed by atoms with Crippen molar-refractivity contribution in [2.24, 2.45) is 17.8 Å². The minimum Gasteiger partial charge on any atom is -0.470 e. The lowest BCUT2D eigenvalue weighted by molar-refractivity contribution is -0.137. The van der Waals surface area contributed by atoms with E-state index in [1.165, 1.54) is 0 Å². The molecule has 5 rings (SSSR count). The zero-order valence-electron chi connectivity index (χ0n) is 13.5. The summed E-state index contributed by atoms with van der Waals surface area (Å²) in [4.78, 5) is 19.3. The molecule has 4 aliphatic rings. The number of aromatic nitrogens is 1. The SMILES string of the molecule is O=C(C1[C@H]2COC[C@@H]12)N1C[C@H](Oc2ccccn2)[C@H]2OCCC[C@H]21. The Morgan fingerprint density at radius 3 is 2.96 bits per heavy atom. The largest absolute Gasteiger partial charge is 0.470 e. The van der Waals surface area contributed by atoms with Crippen molar-refractivity contribution in [1.29, 1.82) is 0 Å². The number of fused-ring (bicyclic) bond motifs is 2. The third-order valence-electron chi connectivity index (χ3n) is 5.91. The number of rotatable bonds is 3. The van der Waals surface area contributed by atoms with Crippen LogP contribution in [0.3, 0.4) is 0 Å². The van der Waals surface area contributed by atoms with Crippen LogP contribution in [0.4, 0.5) is 0 Å². The molecular formula is C18H22N2O4. The van der Waals surface area contributed by atoms with E-state index in [1.54, 1.807) is 6.20 Å². The van der Waals surface area contributed by atoms with Crippen molar-refractivity contribution < 1.29 is 19.0 Å². The molecule has 1 aromatic rings. The first kappa shape index (κ1) is 14.7. The molecule has 1 unspecified atom stereocenters. The van der Waals surface area contributed by atoms with Crippen molar-refractivity contribution in [2.75, 3.05) is 26.4 Å². The van der Waals surface area contributed by atoms with E-state index < -0.39 is 0 Å². The number of hydrogen-bond acceptors (Lipinski definition) is 5. The maximum atomic E-state index is 13.0. The van der Waals surface area contributed by atoms with Crippen LogP contribution in [0.25, 0.3) is 0 Å². The first-order valence-electron chi connectivity index (χ1n) is 8.90. The molecule has 1 saturated carbocycles. The van der Waals surface area contributed by atoms with E-state index in [-0.39, 0.29) is 30.1 Å². The molecule has 0 spiro atoms. The van der Waals surface area contributed by atoms with Gasteiger partial charge >= 0.3 is 0 Å². The Morgan fingerprint density at radius 1 is 1.29 bits per heavy atom. The monoisotopic (exact) mass is 330 g/mol. The summed E-state index contributed by atoms with van der Waals surface area (Å²) in [5, 5.41) is 0. The lowest BCUT2D eigenvalue weighted by Crippen LogP contribution is -2.45. The maximum absolute atomic E-state index is 13.0. The molecule has 0 radical (unpaired) electrons. The zero-order chi connectivity index (χ0) is 16.1. The third kappa shape index (κ3) is 2.31. The van der Waals surface area contributed by atoms with Gasteiger partial charge in [0.1, 0.15) is 12.2 Å². The van der Waals surface area contributed by atoms with Gasteiger partial charge in [-0.05, 0) is 30.7 Å². The molecule has 1 aromatic heterocycles. The average molecular weight is 330 g/mol. The summed E-state index contributed by atoms with van der Waals surface area (Å²) in [7, 11) is 0. The van der Waals surface area contributed by atoms with Crippen LogP contribution in [0.1, 0.15) is 12.8 Å². The summed E-state index contributed by atoms with van der Waals surface area (Å²) in [6, 6.07) is 5.77. The normalized spacial score (nSPS) is 40.1. The predicted molar refractivity (Wildman–Crippen MR) is 84.4 cm³/mol. The van der Waals surface area contributed by atoms with Crippen molar-refractivity contribution in [3.05, 3.63) is 24.4 Å². The number of hydrogen-bond donors (Lipinski definition) is 0. The van der Waals surface area contributed by atoms with Crippen LogP contribution in [0.15, 0.2) is 24.4 Å². The van der Waals surface area contributed by atoms with Crippen LogP contribution in [-0.4, -0.2) is 60.4 Å². The second-order valence-corrected chi connectivity index (χ2v) is 7.25. The van der Waals surface area contributed by atoms with Gasteiger partial charge in [0.2, 0.25) is 11.8 Å². The second-order valence-electron chi connectivity index (χ2n) is 7.25. The van der Waals surface area contributed by atoms with Gasteiger partial charge in [-0.2, -0.15) is 0 Å². The van der Waals surface area contributed by atoms with Crippen molar-refractivity contribution >= 4 is 5.91 Å². The van der Waals surface area contributed by atoms with Crippen LogP contribution in [-0.2, 0) is 14.3 Å². The number of pyridine rings is 1. The standard InChI is InChI=1S/C18H22N2O4/c21-18(16-11-9-22-10-12(11)16)20-8-14(17-13(20)4-3-7-23-17)24-15-5-1-2-6-19-15/h1-2,5-6,11-14,16-17H,3-4,7-10H2/t11-,12+,13-,14+,16?,17+/m1/s1. The fraction of sp³-hybridized carbons (Fsp3) is 0.667. The molecule has 0 aromatic carbocycles. The molecule has 6 heteroatoms. The number of nitrogens with zero attached hydrogens (tertiary/aromatic N) is 2. The van der Waals surface area contributed by atoms with E-state index in [0.29, 0.717) is 24.3 Å². The van der Waals surface area contributed by atoms with Crippen LogP contribution in [0.5, 0.6) is 5.88 Å². The molecule has 128 valence electrons.